The summed E-state index contributed by atoms with van der Waals surface area (Å²) in [6.45, 7) is 1.70. The number of furan rings is 1. The molecule has 3 aromatic heterocycles. The normalized spacial score (nSPS) is 12.0. The number of nitrogens with zero attached hydrogens (tertiary/aromatic N) is 3. The number of amides is 1. The Labute approximate surface area is 172 Å². The number of fused-ring (bicyclic) bond motifs is 1. The summed E-state index contributed by atoms with van der Waals surface area (Å²) in [5.41, 5.74) is 1.83. The molecule has 0 spiro atoms. The van der Waals surface area contributed by atoms with Gasteiger partial charge in [0.15, 0.2) is 5.76 Å². The average Bonchev–Trinajstić information content (AvgIpc) is 3.41. The topological polar surface area (TPSA) is 98.7 Å². The Balaban J connectivity index is 1.78. The summed E-state index contributed by atoms with van der Waals surface area (Å²) in [6.07, 6.45) is 0.413. The van der Waals surface area contributed by atoms with Crippen LogP contribution in [0.5, 0.6) is 0 Å². The van der Waals surface area contributed by atoms with E-state index in [4.69, 9.17) is 13.7 Å². The second kappa shape index (κ2) is 7.82. The SMILES string of the molecule is Cc1noc2nc(-c3ccco3)cc(C(=O)O[C@@H](C(=O)N(C)C)c3ccccc3)c12. The first-order valence-electron chi connectivity index (χ1n) is 9.23. The first-order valence-corrected chi connectivity index (χ1v) is 9.23. The highest BCUT2D eigenvalue weighted by atomic mass is 16.5. The Hall–Kier alpha value is -3.94. The molecule has 8 nitrogen and oxygen atoms in total. The van der Waals surface area contributed by atoms with Crippen LogP contribution in [-0.4, -0.2) is 41.0 Å². The Morgan fingerprint density at radius 1 is 1.10 bits per heavy atom. The van der Waals surface area contributed by atoms with Crippen molar-refractivity contribution in [2.24, 2.45) is 0 Å². The van der Waals surface area contributed by atoms with Crippen LogP contribution in [0.15, 0.2) is 63.7 Å². The van der Waals surface area contributed by atoms with Gasteiger partial charge in [-0.15, -0.1) is 0 Å². The van der Waals surface area contributed by atoms with Crippen LogP contribution in [0.25, 0.3) is 22.6 Å². The number of carbonyl (C=O) groups is 2. The van der Waals surface area contributed by atoms with Crippen molar-refractivity contribution in [3.63, 3.8) is 0 Å². The van der Waals surface area contributed by atoms with Crippen LogP contribution >= 0.6 is 0 Å². The third-order valence-corrected chi connectivity index (χ3v) is 4.60. The summed E-state index contributed by atoms with van der Waals surface area (Å²) < 4.78 is 16.4. The van der Waals surface area contributed by atoms with Gasteiger partial charge in [-0.05, 0) is 25.1 Å². The largest absolute Gasteiger partial charge is 0.463 e. The molecule has 30 heavy (non-hydrogen) atoms. The van der Waals surface area contributed by atoms with Gasteiger partial charge in [0, 0.05) is 19.7 Å². The van der Waals surface area contributed by atoms with Gasteiger partial charge < -0.3 is 18.6 Å². The van der Waals surface area contributed by atoms with E-state index < -0.39 is 12.1 Å². The molecule has 1 atom stereocenters. The maximum Gasteiger partial charge on any atom is 0.340 e. The number of rotatable bonds is 5. The van der Waals surface area contributed by atoms with E-state index in [1.54, 1.807) is 63.5 Å². The molecule has 1 amide bonds. The molecule has 8 heteroatoms. The minimum absolute atomic E-state index is 0.184. The number of ether oxygens (including phenoxy) is 1. The molecule has 0 aliphatic rings. The van der Waals surface area contributed by atoms with Crippen molar-refractivity contribution in [2.45, 2.75) is 13.0 Å². The van der Waals surface area contributed by atoms with Gasteiger partial charge in [0.2, 0.25) is 6.10 Å². The first-order chi connectivity index (χ1) is 14.5. The molecular weight excluding hydrogens is 386 g/mol. The summed E-state index contributed by atoms with van der Waals surface area (Å²) in [6, 6.07) is 13.8. The summed E-state index contributed by atoms with van der Waals surface area (Å²) in [5.74, 6) is -0.581. The number of aryl methyl sites for hydroxylation is 1. The lowest BCUT2D eigenvalue weighted by Gasteiger charge is -2.21. The van der Waals surface area contributed by atoms with Crippen LogP contribution in [-0.2, 0) is 9.53 Å². The quantitative estimate of drug-likeness (QED) is 0.466. The van der Waals surface area contributed by atoms with E-state index >= 15 is 0 Å². The molecule has 152 valence electrons. The number of hydrogen-bond donors (Lipinski definition) is 0. The van der Waals surface area contributed by atoms with Crippen LogP contribution in [0.4, 0.5) is 0 Å². The van der Waals surface area contributed by atoms with E-state index in [2.05, 4.69) is 10.1 Å². The fourth-order valence-corrected chi connectivity index (χ4v) is 3.10. The van der Waals surface area contributed by atoms with Gasteiger partial charge in [-0.1, -0.05) is 35.5 Å². The average molecular weight is 405 g/mol. The molecule has 0 fully saturated rings. The molecular formula is C22H19N3O5. The smallest absolute Gasteiger partial charge is 0.340 e. The van der Waals surface area contributed by atoms with Crippen LogP contribution in [0.3, 0.4) is 0 Å². The molecule has 0 unspecified atom stereocenters. The van der Waals surface area contributed by atoms with E-state index in [-0.39, 0.29) is 17.2 Å². The number of esters is 1. The molecule has 1 aromatic carbocycles. The summed E-state index contributed by atoms with van der Waals surface area (Å²) in [7, 11) is 3.21. The summed E-state index contributed by atoms with van der Waals surface area (Å²) in [5, 5.41) is 4.34. The van der Waals surface area contributed by atoms with Crippen LogP contribution in [0.2, 0.25) is 0 Å². The van der Waals surface area contributed by atoms with E-state index in [1.165, 1.54) is 11.2 Å². The first kappa shape index (κ1) is 19.4. The van der Waals surface area contributed by atoms with Gasteiger partial charge in [0.25, 0.3) is 11.6 Å². The molecule has 0 bridgehead atoms. The van der Waals surface area contributed by atoms with Gasteiger partial charge in [-0.25, -0.2) is 9.78 Å². The molecule has 0 N–H and O–H groups in total. The Morgan fingerprint density at radius 3 is 2.53 bits per heavy atom. The van der Waals surface area contributed by atoms with Crippen molar-refractivity contribution in [1.82, 2.24) is 15.0 Å². The monoisotopic (exact) mass is 405 g/mol. The van der Waals surface area contributed by atoms with Crippen molar-refractivity contribution < 1.29 is 23.3 Å². The predicted octanol–water partition coefficient (Wildman–Crippen LogP) is 3.78. The molecule has 0 aliphatic carbocycles. The lowest BCUT2D eigenvalue weighted by atomic mass is 10.1. The predicted molar refractivity (Wildman–Crippen MR) is 108 cm³/mol. The highest BCUT2D eigenvalue weighted by Crippen LogP contribution is 2.29. The van der Waals surface area contributed by atoms with Gasteiger partial charge in [-0.2, -0.15) is 0 Å². The number of benzene rings is 1. The summed E-state index contributed by atoms with van der Waals surface area (Å²) in [4.78, 5) is 31.7. The summed E-state index contributed by atoms with van der Waals surface area (Å²) >= 11 is 0. The maximum absolute atomic E-state index is 13.2. The number of likely N-dealkylation sites (N-methyl/N-ethyl adjacent to an activating group) is 1. The Bertz CT molecular complexity index is 1200. The van der Waals surface area contributed by atoms with Gasteiger partial charge in [0.05, 0.1) is 22.9 Å². The fourth-order valence-electron chi connectivity index (χ4n) is 3.10. The van der Waals surface area contributed by atoms with Gasteiger partial charge in [-0.3, -0.25) is 4.79 Å². The van der Waals surface area contributed by atoms with Gasteiger partial charge in [0.1, 0.15) is 5.69 Å². The van der Waals surface area contributed by atoms with E-state index in [0.29, 0.717) is 28.1 Å². The van der Waals surface area contributed by atoms with Crippen LogP contribution < -0.4 is 0 Å². The minimum atomic E-state index is -1.09. The molecule has 3 heterocycles. The zero-order valence-electron chi connectivity index (χ0n) is 16.7. The van der Waals surface area contributed by atoms with E-state index in [1.807, 2.05) is 6.07 Å². The third-order valence-electron chi connectivity index (χ3n) is 4.60. The van der Waals surface area contributed by atoms with Gasteiger partial charge >= 0.3 is 5.97 Å². The van der Waals surface area contributed by atoms with Crippen molar-refractivity contribution in [3.05, 3.63) is 71.6 Å². The number of pyridine rings is 1. The van der Waals surface area contributed by atoms with Crippen LogP contribution in [0, 0.1) is 6.92 Å². The lowest BCUT2D eigenvalue weighted by Crippen LogP contribution is -2.31. The second-order valence-corrected chi connectivity index (χ2v) is 6.91. The van der Waals surface area contributed by atoms with E-state index in [0.717, 1.165) is 0 Å². The molecule has 4 rings (SSSR count). The van der Waals surface area contributed by atoms with Crippen molar-refractivity contribution in [2.75, 3.05) is 14.1 Å². The van der Waals surface area contributed by atoms with Crippen LogP contribution in [0.1, 0.15) is 27.7 Å². The molecule has 0 saturated heterocycles. The molecule has 0 saturated carbocycles. The fraction of sp³-hybridized carbons (Fsp3) is 0.182. The number of aromatic nitrogens is 2. The number of carbonyl (C=O) groups excluding carboxylic acids is 2. The maximum atomic E-state index is 13.2. The third kappa shape index (κ3) is 3.55. The highest BCUT2D eigenvalue weighted by molar-refractivity contribution is 6.05. The molecule has 4 aromatic rings. The minimum Gasteiger partial charge on any atom is -0.463 e. The molecule has 0 radical (unpaired) electrons. The highest BCUT2D eigenvalue weighted by Gasteiger charge is 2.29. The van der Waals surface area contributed by atoms with E-state index in [9.17, 15) is 9.59 Å². The van der Waals surface area contributed by atoms with Crippen molar-refractivity contribution in [1.29, 1.82) is 0 Å². The number of hydrogen-bond acceptors (Lipinski definition) is 7. The lowest BCUT2D eigenvalue weighted by molar-refractivity contribution is -0.138. The Morgan fingerprint density at radius 2 is 1.87 bits per heavy atom. The zero-order chi connectivity index (χ0) is 21.3. The van der Waals surface area contributed by atoms with Crippen molar-refractivity contribution in [3.8, 4) is 11.5 Å². The second-order valence-electron chi connectivity index (χ2n) is 6.91. The molecule has 0 aliphatic heterocycles. The zero-order valence-corrected chi connectivity index (χ0v) is 16.7. The standard InChI is InChI=1S/C22H19N3O5/c1-13-18-15(12-16(17-10-7-11-28-17)23-20(18)30-24-13)22(27)29-19(21(26)25(2)3)14-8-5-4-6-9-14/h4-12,19H,1-3H3/t19-/m1/s1. The Kier molecular flexibility index (Phi) is 5.05. The van der Waals surface area contributed by atoms with Crippen molar-refractivity contribution >= 4 is 23.0 Å².